The molecule has 1 N–H and O–H groups in total. The highest BCUT2D eigenvalue weighted by molar-refractivity contribution is 6.04. The van der Waals surface area contributed by atoms with E-state index in [1.807, 2.05) is 18.2 Å². The molecule has 2 aromatic carbocycles. The lowest BCUT2D eigenvalue weighted by atomic mass is 10.1. The molecule has 1 aliphatic heterocycles. The molecule has 28 heavy (non-hydrogen) atoms. The third kappa shape index (κ3) is 5.50. The van der Waals surface area contributed by atoms with Crippen LogP contribution in [-0.4, -0.2) is 53.6 Å². The van der Waals surface area contributed by atoms with E-state index in [4.69, 9.17) is 0 Å². The van der Waals surface area contributed by atoms with Crippen LogP contribution in [0.25, 0.3) is 0 Å². The monoisotopic (exact) mass is 379 g/mol. The molecule has 1 fully saturated rings. The van der Waals surface area contributed by atoms with Crippen LogP contribution in [0.3, 0.4) is 0 Å². The fraction of sp³-hybridized carbons (Fsp3) is 0.318. The lowest BCUT2D eigenvalue weighted by molar-refractivity contribution is -0.136. The predicted molar refractivity (Wildman–Crippen MR) is 108 cm³/mol. The number of hydrogen-bond donors (Lipinski definition) is 1. The van der Waals surface area contributed by atoms with Crippen LogP contribution in [-0.2, 0) is 16.1 Å². The van der Waals surface area contributed by atoms with Gasteiger partial charge in [0.05, 0.1) is 0 Å². The first-order chi connectivity index (χ1) is 13.5. The Morgan fingerprint density at radius 3 is 2.32 bits per heavy atom. The van der Waals surface area contributed by atoms with Crippen LogP contribution in [0.2, 0.25) is 0 Å². The minimum Gasteiger partial charge on any atom is -0.340 e. The zero-order valence-electron chi connectivity index (χ0n) is 16.1. The number of benzene rings is 2. The Morgan fingerprint density at radius 1 is 0.929 bits per heavy atom. The van der Waals surface area contributed by atoms with E-state index in [9.17, 15) is 14.4 Å². The number of ketones is 1. The number of rotatable bonds is 6. The Hall–Kier alpha value is -2.99. The van der Waals surface area contributed by atoms with Crippen molar-refractivity contribution in [3.63, 3.8) is 0 Å². The van der Waals surface area contributed by atoms with E-state index in [2.05, 4.69) is 22.3 Å². The summed E-state index contributed by atoms with van der Waals surface area (Å²) in [5.74, 6) is -0.599. The Balaban J connectivity index is 1.45. The summed E-state index contributed by atoms with van der Waals surface area (Å²) >= 11 is 0. The van der Waals surface area contributed by atoms with E-state index < -0.39 is 0 Å². The number of piperazine rings is 1. The second kappa shape index (κ2) is 9.28. The molecule has 1 heterocycles. The first-order valence-corrected chi connectivity index (χ1v) is 9.46. The molecule has 0 unspecified atom stereocenters. The summed E-state index contributed by atoms with van der Waals surface area (Å²) in [5, 5.41) is 2.70. The fourth-order valence-corrected chi connectivity index (χ4v) is 3.27. The predicted octanol–water partition coefficient (Wildman–Crippen LogP) is 2.56. The van der Waals surface area contributed by atoms with Crippen LogP contribution < -0.4 is 5.32 Å². The van der Waals surface area contributed by atoms with E-state index in [1.165, 1.54) is 12.5 Å². The van der Waals surface area contributed by atoms with Gasteiger partial charge in [0, 0.05) is 44.0 Å². The number of Topliss-reactive ketones (excluding diaryl/α,β-unsaturated/α-hetero) is 1. The molecule has 1 saturated heterocycles. The van der Waals surface area contributed by atoms with Crippen molar-refractivity contribution in [1.82, 2.24) is 9.80 Å². The molecule has 0 spiro atoms. The van der Waals surface area contributed by atoms with Gasteiger partial charge in [-0.05, 0) is 24.6 Å². The molecule has 0 radical (unpaired) electrons. The number of hydrogen-bond acceptors (Lipinski definition) is 4. The second-order valence-electron chi connectivity index (χ2n) is 7.00. The molecule has 2 amide bonds. The van der Waals surface area contributed by atoms with Crippen LogP contribution in [0.15, 0.2) is 54.6 Å². The van der Waals surface area contributed by atoms with Gasteiger partial charge < -0.3 is 10.2 Å². The maximum atomic E-state index is 12.4. The topological polar surface area (TPSA) is 69.7 Å². The van der Waals surface area contributed by atoms with Crippen molar-refractivity contribution in [2.75, 3.05) is 31.5 Å². The largest absolute Gasteiger partial charge is 0.340 e. The van der Waals surface area contributed by atoms with Crippen molar-refractivity contribution in [3.05, 3.63) is 65.7 Å². The Labute approximate surface area is 165 Å². The van der Waals surface area contributed by atoms with Gasteiger partial charge in [-0.1, -0.05) is 42.5 Å². The van der Waals surface area contributed by atoms with Crippen molar-refractivity contribution < 1.29 is 14.4 Å². The van der Waals surface area contributed by atoms with Gasteiger partial charge in [0.25, 0.3) is 0 Å². The maximum Gasteiger partial charge on any atom is 0.233 e. The molecular formula is C22H25N3O3. The lowest BCUT2D eigenvalue weighted by Crippen LogP contribution is -2.48. The van der Waals surface area contributed by atoms with Gasteiger partial charge in [0.1, 0.15) is 6.42 Å². The summed E-state index contributed by atoms with van der Waals surface area (Å²) in [6.45, 7) is 5.18. The first-order valence-electron chi connectivity index (χ1n) is 9.46. The average Bonchev–Trinajstić information content (AvgIpc) is 2.69. The van der Waals surface area contributed by atoms with E-state index in [0.29, 0.717) is 24.3 Å². The molecule has 146 valence electrons. The Bertz CT molecular complexity index is 843. The molecular weight excluding hydrogens is 354 g/mol. The van der Waals surface area contributed by atoms with E-state index in [0.717, 1.165) is 19.6 Å². The molecule has 0 aromatic heterocycles. The van der Waals surface area contributed by atoms with E-state index in [-0.39, 0.29) is 24.0 Å². The highest BCUT2D eigenvalue weighted by Crippen LogP contribution is 2.13. The number of carbonyl (C=O) groups excluding carboxylic acids is 3. The number of nitrogens with one attached hydrogen (secondary N) is 1. The number of nitrogens with zero attached hydrogens (tertiary/aromatic N) is 2. The van der Waals surface area contributed by atoms with Gasteiger partial charge in [0.15, 0.2) is 5.78 Å². The summed E-state index contributed by atoms with van der Waals surface area (Å²) < 4.78 is 0. The van der Waals surface area contributed by atoms with Crippen molar-refractivity contribution in [2.24, 2.45) is 0 Å². The lowest BCUT2D eigenvalue weighted by Gasteiger charge is -2.34. The number of carbonyl (C=O) groups is 3. The third-order valence-corrected chi connectivity index (χ3v) is 4.84. The summed E-state index contributed by atoms with van der Waals surface area (Å²) in [6.07, 6.45) is -0.191. The van der Waals surface area contributed by atoms with Crippen LogP contribution in [0.1, 0.15) is 29.3 Å². The van der Waals surface area contributed by atoms with E-state index in [1.54, 1.807) is 29.2 Å². The zero-order chi connectivity index (χ0) is 19.9. The van der Waals surface area contributed by atoms with Gasteiger partial charge >= 0.3 is 0 Å². The van der Waals surface area contributed by atoms with Gasteiger partial charge in [-0.2, -0.15) is 0 Å². The third-order valence-electron chi connectivity index (χ3n) is 4.84. The minimum atomic E-state index is -0.364. The SMILES string of the molecule is CC(=O)c1cccc(NC(=O)CC(=O)N2CCN(Cc3ccccc3)CC2)c1. The van der Waals surface area contributed by atoms with Gasteiger partial charge in [-0.15, -0.1) is 0 Å². The minimum absolute atomic E-state index is 0.0689. The Kier molecular flexibility index (Phi) is 6.55. The zero-order valence-corrected chi connectivity index (χ0v) is 16.1. The number of amides is 2. The molecule has 0 atom stereocenters. The van der Waals surface area contributed by atoms with Crippen molar-refractivity contribution in [3.8, 4) is 0 Å². The molecule has 6 heteroatoms. The molecule has 1 aliphatic rings. The highest BCUT2D eigenvalue weighted by Gasteiger charge is 2.22. The molecule has 0 bridgehead atoms. The Morgan fingerprint density at radius 2 is 1.64 bits per heavy atom. The maximum absolute atomic E-state index is 12.4. The molecule has 0 aliphatic carbocycles. The fourth-order valence-electron chi connectivity index (χ4n) is 3.27. The first kappa shape index (κ1) is 19.8. The van der Waals surface area contributed by atoms with Crippen LogP contribution in [0.5, 0.6) is 0 Å². The molecule has 6 nitrogen and oxygen atoms in total. The quantitative estimate of drug-likeness (QED) is 0.619. The van der Waals surface area contributed by atoms with Crippen LogP contribution in [0, 0.1) is 0 Å². The van der Waals surface area contributed by atoms with Gasteiger partial charge in [-0.3, -0.25) is 19.3 Å². The van der Waals surface area contributed by atoms with Crippen LogP contribution >= 0.6 is 0 Å². The van der Waals surface area contributed by atoms with Gasteiger partial charge in [-0.25, -0.2) is 0 Å². The summed E-state index contributed by atoms with van der Waals surface area (Å²) in [5.41, 5.74) is 2.31. The van der Waals surface area contributed by atoms with Crippen LogP contribution in [0.4, 0.5) is 5.69 Å². The highest BCUT2D eigenvalue weighted by atomic mass is 16.2. The molecule has 3 rings (SSSR count). The molecule has 2 aromatic rings. The smallest absolute Gasteiger partial charge is 0.233 e. The summed E-state index contributed by atoms with van der Waals surface area (Å²) in [7, 11) is 0. The standard InChI is InChI=1S/C22H25N3O3/c1-17(26)19-8-5-9-20(14-19)23-21(27)15-22(28)25-12-10-24(11-13-25)16-18-6-3-2-4-7-18/h2-9,14H,10-13,15-16H2,1H3,(H,23,27). The number of anilines is 1. The van der Waals surface area contributed by atoms with Crippen molar-refractivity contribution in [1.29, 1.82) is 0 Å². The van der Waals surface area contributed by atoms with Gasteiger partial charge in [0.2, 0.25) is 11.8 Å². The second-order valence-corrected chi connectivity index (χ2v) is 7.00. The van der Waals surface area contributed by atoms with E-state index >= 15 is 0 Å². The molecule has 0 saturated carbocycles. The summed E-state index contributed by atoms with van der Waals surface area (Å²) in [4.78, 5) is 40.1. The summed E-state index contributed by atoms with van der Waals surface area (Å²) in [6, 6.07) is 17.0. The average molecular weight is 379 g/mol. The van der Waals surface area contributed by atoms with Crippen molar-refractivity contribution >= 4 is 23.3 Å². The normalized spacial score (nSPS) is 14.5. The van der Waals surface area contributed by atoms with Crippen molar-refractivity contribution in [2.45, 2.75) is 19.9 Å².